The fraction of sp³-hybridized carbons (Fsp3) is 0.833. The second-order valence-electron chi connectivity index (χ2n) is 4.82. The molecule has 0 saturated carbocycles. The van der Waals surface area contributed by atoms with Crippen molar-refractivity contribution in [2.45, 2.75) is 45.6 Å². The molecular formula is C12H21NO4. The molecule has 1 aliphatic heterocycles. The maximum Gasteiger partial charge on any atom is 0.410 e. The zero-order chi connectivity index (χ0) is 12.8. The molecular weight excluding hydrogens is 222 g/mol. The summed E-state index contributed by atoms with van der Waals surface area (Å²) in [5.74, 6) is -0.480. The third kappa shape index (κ3) is 5.06. The number of hydrogen-bond donors (Lipinski definition) is 1. The summed E-state index contributed by atoms with van der Waals surface area (Å²) in [5, 5.41) is 8.63. The van der Waals surface area contributed by atoms with Crippen LogP contribution < -0.4 is 0 Å². The van der Waals surface area contributed by atoms with Crippen LogP contribution in [0.2, 0.25) is 0 Å². The number of hydrogen-bond acceptors (Lipinski definition) is 3. The fourth-order valence-electron chi connectivity index (χ4n) is 2.07. The van der Waals surface area contributed by atoms with Crippen LogP contribution in [0.3, 0.4) is 0 Å². The van der Waals surface area contributed by atoms with Crippen molar-refractivity contribution in [1.82, 2.24) is 4.90 Å². The lowest BCUT2D eigenvalue weighted by Gasteiger charge is -2.32. The van der Waals surface area contributed by atoms with Gasteiger partial charge in [-0.05, 0) is 39.0 Å². The highest BCUT2D eigenvalue weighted by molar-refractivity contribution is 5.68. The van der Waals surface area contributed by atoms with Crippen LogP contribution in [-0.2, 0) is 9.53 Å². The number of carbonyl (C=O) groups is 2. The summed E-state index contributed by atoms with van der Waals surface area (Å²) < 4.78 is 5.13. The van der Waals surface area contributed by atoms with Crippen LogP contribution in [0, 0.1) is 5.92 Å². The molecule has 5 heteroatoms. The van der Waals surface area contributed by atoms with E-state index in [9.17, 15) is 9.59 Å². The Hall–Kier alpha value is -1.26. The summed E-state index contributed by atoms with van der Waals surface area (Å²) in [7, 11) is 0. The molecule has 0 aromatic rings. The number of likely N-dealkylation sites (tertiary alicyclic amines) is 1. The molecule has 0 spiro atoms. The summed E-state index contributed by atoms with van der Waals surface area (Å²) in [6, 6.07) is 0. The van der Waals surface area contributed by atoms with Crippen LogP contribution in [0.15, 0.2) is 0 Å². The molecule has 1 saturated heterocycles. The standard InChI is InChI=1S/C12H21NO4/c1-9(2)17-12(16)13-7-3-4-10(8-13)5-6-11(14)15/h9-10H,3-8H2,1-2H3,(H,14,15). The van der Waals surface area contributed by atoms with Crippen LogP contribution in [0.4, 0.5) is 4.79 Å². The molecule has 1 unspecified atom stereocenters. The Bertz CT molecular complexity index is 278. The Kier molecular flexibility index (Phi) is 5.25. The normalized spacial score (nSPS) is 20.4. The molecule has 1 amide bonds. The number of rotatable bonds is 4. The van der Waals surface area contributed by atoms with Gasteiger partial charge in [0.25, 0.3) is 0 Å². The second-order valence-corrected chi connectivity index (χ2v) is 4.82. The lowest BCUT2D eigenvalue weighted by atomic mass is 9.94. The van der Waals surface area contributed by atoms with E-state index >= 15 is 0 Å². The van der Waals surface area contributed by atoms with E-state index < -0.39 is 5.97 Å². The molecule has 0 aromatic carbocycles. The van der Waals surface area contributed by atoms with E-state index in [0.717, 1.165) is 19.4 Å². The van der Waals surface area contributed by atoms with E-state index in [2.05, 4.69) is 0 Å². The number of aliphatic carboxylic acids is 1. The predicted molar refractivity (Wildman–Crippen MR) is 62.8 cm³/mol. The molecule has 1 heterocycles. The number of carbonyl (C=O) groups excluding carboxylic acids is 1. The summed E-state index contributed by atoms with van der Waals surface area (Å²) in [6.45, 7) is 4.99. The van der Waals surface area contributed by atoms with Gasteiger partial charge in [0.15, 0.2) is 0 Å². The first kappa shape index (κ1) is 13.8. The summed E-state index contributed by atoms with van der Waals surface area (Å²) in [6.07, 6.45) is 2.36. The van der Waals surface area contributed by atoms with Crippen LogP contribution in [0.25, 0.3) is 0 Å². The van der Waals surface area contributed by atoms with Crippen molar-refractivity contribution >= 4 is 12.1 Å². The third-order valence-corrected chi connectivity index (χ3v) is 2.88. The number of nitrogens with zero attached hydrogens (tertiary/aromatic N) is 1. The van der Waals surface area contributed by atoms with Crippen molar-refractivity contribution in [3.05, 3.63) is 0 Å². The lowest BCUT2D eigenvalue weighted by Crippen LogP contribution is -2.41. The Balaban J connectivity index is 2.37. The van der Waals surface area contributed by atoms with Gasteiger partial charge in [0.1, 0.15) is 0 Å². The molecule has 1 fully saturated rings. The average Bonchev–Trinajstić information content (AvgIpc) is 2.26. The van der Waals surface area contributed by atoms with Gasteiger partial charge >= 0.3 is 12.1 Å². The first-order chi connectivity index (χ1) is 7.99. The van der Waals surface area contributed by atoms with Gasteiger partial charge in [-0.2, -0.15) is 0 Å². The highest BCUT2D eigenvalue weighted by Crippen LogP contribution is 2.21. The minimum atomic E-state index is -0.771. The molecule has 17 heavy (non-hydrogen) atoms. The number of amides is 1. The zero-order valence-corrected chi connectivity index (χ0v) is 10.5. The number of ether oxygens (including phenoxy) is 1. The first-order valence-electron chi connectivity index (χ1n) is 6.16. The van der Waals surface area contributed by atoms with Gasteiger partial charge in [0.05, 0.1) is 6.10 Å². The van der Waals surface area contributed by atoms with E-state index in [4.69, 9.17) is 9.84 Å². The Morgan fingerprint density at radius 3 is 2.76 bits per heavy atom. The third-order valence-electron chi connectivity index (χ3n) is 2.88. The van der Waals surface area contributed by atoms with Gasteiger partial charge in [-0.1, -0.05) is 0 Å². The predicted octanol–water partition coefficient (Wildman–Crippen LogP) is 2.11. The van der Waals surface area contributed by atoms with Crippen molar-refractivity contribution in [2.24, 2.45) is 5.92 Å². The van der Waals surface area contributed by atoms with Crippen molar-refractivity contribution in [2.75, 3.05) is 13.1 Å². The molecule has 0 radical (unpaired) electrons. The van der Waals surface area contributed by atoms with E-state index in [-0.39, 0.29) is 18.6 Å². The molecule has 1 rings (SSSR count). The lowest BCUT2D eigenvalue weighted by molar-refractivity contribution is -0.137. The van der Waals surface area contributed by atoms with Crippen molar-refractivity contribution in [3.63, 3.8) is 0 Å². The molecule has 5 nitrogen and oxygen atoms in total. The van der Waals surface area contributed by atoms with E-state index in [1.807, 2.05) is 13.8 Å². The Morgan fingerprint density at radius 2 is 2.18 bits per heavy atom. The van der Waals surface area contributed by atoms with Gasteiger partial charge in [-0.15, -0.1) is 0 Å². The zero-order valence-electron chi connectivity index (χ0n) is 10.5. The average molecular weight is 243 g/mol. The van der Waals surface area contributed by atoms with Crippen LogP contribution in [0.5, 0.6) is 0 Å². The smallest absolute Gasteiger partial charge is 0.410 e. The number of carboxylic acids is 1. The van der Waals surface area contributed by atoms with Gasteiger partial charge in [-0.25, -0.2) is 4.79 Å². The number of carboxylic acid groups (broad SMARTS) is 1. The fourth-order valence-corrected chi connectivity index (χ4v) is 2.07. The maximum atomic E-state index is 11.7. The van der Waals surface area contributed by atoms with Gasteiger partial charge in [0.2, 0.25) is 0 Å². The number of piperidine rings is 1. The van der Waals surface area contributed by atoms with Crippen molar-refractivity contribution in [3.8, 4) is 0 Å². The van der Waals surface area contributed by atoms with Gasteiger partial charge in [0, 0.05) is 19.5 Å². The van der Waals surface area contributed by atoms with Crippen molar-refractivity contribution < 1.29 is 19.4 Å². The molecule has 1 aliphatic rings. The molecule has 1 N–H and O–H groups in total. The second kappa shape index (κ2) is 6.47. The topological polar surface area (TPSA) is 66.8 Å². The Labute approximate surface area is 102 Å². The Morgan fingerprint density at radius 1 is 1.47 bits per heavy atom. The van der Waals surface area contributed by atoms with Crippen LogP contribution >= 0.6 is 0 Å². The molecule has 0 aliphatic carbocycles. The largest absolute Gasteiger partial charge is 0.481 e. The van der Waals surface area contributed by atoms with E-state index in [1.54, 1.807) is 4.90 Å². The minimum absolute atomic E-state index is 0.109. The molecule has 0 aromatic heterocycles. The molecule has 1 atom stereocenters. The van der Waals surface area contributed by atoms with Crippen LogP contribution in [-0.4, -0.2) is 41.3 Å². The molecule has 0 bridgehead atoms. The summed E-state index contributed by atoms with van der Waals surface area (Å²) in [4.78, 5) is 23.9. The van der Waals surface area contributed by atoms with Crippen molar-refractivity contribution in [1.29, 1.82) is 0 Å². The highest BCUT2D eigenvalue weighted by atomic mass is 16.6. The summed E-state index contributed by atoms with van der Waals surface area (Å²) in [5.41, 5.74) is 0. The maximum absolute atomic E-state index is 11.7. The van der Waals surface area contributed by atoms with Gasteiger partial charge in [-0.3, -0.25) is 4.79 Å². The quantitative estimate of drug-likeness (QED) is 0.821. The minimum Gasteiger partial charge on any atom is -0.481 e. The summed E-state index contributed by atoms with van der Waals surface area (Å²) >= 11 is 0. The molecule has 98 valence electrons. The van der Waals surface area contributed by atoms with E-state index in [1.165, 1.54) is 0 Å². The van der Waals surface area contributed by atoms with Crippen LogP contribution in [0.1, 0.15) is 39.5 Å². The monoisotopic (exact) mass is 243 g/mol. The van der Waals surface area contributed by atoms with Gasteiger partial charge < -0.3 is 14.7 Å². The first-order valence-corrected chi connectivity index (χ1v) is 6.16. The SMILES string of the molecule is CC(C)OC(=O)N1CCCC(CCC(=O)O)C1. The highest BCUT2D eigenvalue weighted by Gasteiger charge is 2.25. The van der Waals surface area contributed by atoms with E-state index in [0.29, 0.717) is 18.9 Å².